The van der Waals surface area contributed by atoms with Crippen LogP contribution in [0.25, 0.3) is 0 Å². The van der Waals surface area contributed by atoms with E-state index in [-0.39, 0.29) is 11.1 Å². The molecular formula is C23H30OSi. The molecule has 0 heterocycles. The number of rotatable bonds is 6. The highest BCUT2D eigenvalue weighted by Crippen LogP contribution is 2.37. The van der Waals surface area contributed by atoms with Gasteiger partial charge in [0.15, 0.2) is 0 Å². The van der Waals surface area contributed by atoms with Crippen molar-refractivity contribution in [2.75, 3.05) is 0 Å². The van der Waals surface area contributed by atoms with Gasteiger partial charge in [0.1, 0.15) is 0 Å². The molecule has 132 valence electrons. The number of hydrogen-bond donors (Lipinski definition) is 0. The van der Waals surface area contributed by atoms with Crippen molar-refractivity contribution >= 4 is 18.7 Å². The number of hydrogen-bond acceptors (Lipinski definition) is 1. The van der Waals surface area contributed by atoms with Crippen LogP contribution in [0.3, 0.4) is 0 Å². The minimum Gasteiger partial charge on any atom is -0.401 e. The van der Waals surface area contributed by atoms with Crippen LogP contribution in [0.5, 0.6) is 0 Å². The molecule has 2 aromatic carbocycles. The predicted molar refractivity (Wildman–Crippen MR) is 112 cm³/mol. The van der Waals surface area contributed by atoms with Crippen LogP contribution in [0.4, 0.5) is 0 Å². The Bertz CT molecular complexity index is 656. The van der Waals surface area contributed by atoms with Crippen molar-refractivity contribution in [3.05, 3.63) is 85.0 Å². The van der Waals surface area contributed by atoms with Gasteiger partial charge in [0.05, 0.1) is 6.10 Å². The van der Waals surface area contributed by atoms with E-state index in [1.54, 1.807) is 0 Å². The fourth-order valence-corrected chi connectivity index (χ4v) is 7.99. The molecule has 0 aromatic heterocycles. The second kappa shape index (κ2) is 8.46. The molecule has 0 aliphatic carbocycles. The lowest BCUT2D eigenvalue weighted by molar-refractivity contribution is 0.252. The molecule has 1 atom stereocenters. The monoisotopic (exact) mass is 350 g/mol. The Kier molecular flexibility index (Phi) is 6.57. The summed E-state index contributed by atoms with van der Waals surface area (Å²) in [6, 6.07) is 21.5. The van der Waals surface area contributed by atoms with E-state index in [1.165, 1.54) is 10.4 Å². The van der Waals surface area contributed by atoms with E-state index < -0.39 is 8.32 Å². The number of allylic oxidation sites excluding steroid dienone is 3. The van der Waals surface area contributed by atoms with Crippen molar-refractivity contribution in [3.63, 3.8) is 0 Å². The molecule has 0 aliphatic rings. The van der Waals surface area contributed by atoms with E-state index in [2.05, 4.69) is 101 Å². The van der Waals surface area contributed by atoms with Crippen LogP contribution in [0.15, 0.2) is 85.0 Å². The Morgan fingerprint density at radius 1 is 0.840 bits per heavy atom. The van der Waals surface area contributed by atoms with E-state index in [1.807, 2.05) is 19.1 Å². The van der Waals surface area contributed by atoms with Crippen molar-refractivity contribution < 1.29 is 4.43 Å². The molecule has 0 fully saturated rings. The van der Waals surface area contributed by atoms with Crippen LogP contribution < -0.4 is 10.4 Å². The van der Waals surface area contributed by atoms with Gasteiger partial charge in [0.2, 0.25) is 0 Å². The molecule has 0 amide bonds. The Hall–Kier alpha value is -1.90. The lowest BCUT2D eigenvalue weighted by atomic mass is 10.2. The van der Waals surface area contributed by atoms with Crippen LogP contribution in [0.2, 0.25) is 5.04 Å². The Morgan fingerprint density at radius 3 is 1.72 bits per heavy atom. The predicted octanol–water partition coefficient (Wildman–Crippen LogP) is 5.08. The van der Waals surface area contributed by atoms with Gasteiger partial charge in [-0.2, -0.15) is 0 Å². The third-order valence-electron chi connectivity index (χ3n) is 4.47. The van der Waals surface area contributed by atoms with Gasteiger partial charge >= 0.3 is 0 Å². The zero-order chi connectivity index (χ0) is 18.3. The van der Waals surface area contributed by atoms with E-state index in [0.29, 0.717) is 0 Å². The summed E-state index contributed by atoms with van der Waals surface area (Å²) in [5, 5.41) is 2.65. The molecular weight excluding hydrogens is 320 g/mol. The molecule has 25 heavy (non-hydrogen) atoms. The van der Waals surface area contributed by atoms with Crippen LogP contribution in [-0.4, -0.2) is 14.4 Å². The molecule has 0 radical (unpaired) electrons. The van der Waals surface area contributed by atoms with Crippen molar-refractivity contribution in [1.82, 2.24) is 0 Å². The standard InChI is InChI=1S/C23H30OSi/c1-6-7-10-15-20(2)24-25(23(3,4)5,21-16-11-8-12-17-21)22-18-13-9-14-19-22/h6-20H,1-5H3/b7-6+,15-10+. The first-order valence-corrected chi connectivity index (χ1v) is 10.9. The second-order valence-electron chi connectivity index (χ2n) is 7.40. The maximum atomic E-state index is 6.94. The lowest BCUT2D eigenvalue weighted by Crippen LogP contribution is -2.67. The maximum Gasteiger partial charge on any atom is 0.261 e. The van der Waals surface area contributed by atoms with Gasteiger partial charge in [0.25, 0.3) is 8.32 Å². The fraction of sp³-hybridized carbons (Fsp3) is 0.304. The average molecular weight is 351 g/mol. The second-order valence-corrected chi connectivity index (χ2v) is 11.6. The first kappa shape index (κ1) is 19.4. The summed E-state index contributed by atoms with van der Waals surface area (Å²) in [6.07, 6.45) is 8.33. The molecule has 0 N–H and O–H groups in total. The highest BCUT2D eigenvalue weighted by Gasteiger charge is 2.50. The first-order chi connectivity index (χ1) is 11.9. The van der Waals surface area contributed by atoms with Gasteiger partial charge in [-0.1, -0.05) is 106 Å². The minimum absolute atomic E-state index is 0.0123. The van der Waals surface area contributed by atoms with E-state index in [4.69, 9.17) is 4.43 Å². The third kappa shape index (κ3) is 4.39. The Morgan fingerprint density at radius 2 is 1.32 bits per heavy atom. The van der Waals surface area contributed by atoms with E-state index in [9.17, 15) is 0 Å². The largest absolute Gasteiger partial charge is 0.401 e. The molecule has 1 nitrogen and oxygen atoms in total. The van der Waals surface area contributed by atoms with Crippen molar-refractivity contribution in [1.29, 1.82) is 0 Å². The Balaban J connectivity index is 2.60. The highest BCUT2D eigenvalue weighted by atomic mass is 28.4. The zero-order valence-electron chi connectivity index (χ0n) is 16.1. The van der Waals surface area contributed by atoms with Crippen molar-refractivity contribution in [3.8, 4) is 0 Å². The minimum atomic E-state index is -2.45. The van der Waals surface area contributed by atoms with Crippen LogP contribution in [0.1, 0.15) is 34.6 Å². The van der Waals surface area contributed by atoms with Gasteiger partial charge < -0.3 is 4.43 Å². The lowest BCUT2D eigenvalue weighted by Gasteiger charge is -2.44. The number of benzene rings is 2. The quantitative estimate of drug-likeness (QED) is 0.521. The van der Waals surface area contributed by atoms with Gasteiger partial charge in [-0.3, -0.25) is 0 Å². The van der Waals surface area contributed by atoms with Crippen molar-refractivity contribution in [2.24, 2.45) is 0 Å². The molecule has 0 saturated carbocycles. The summed E-state index contributed by atoms with van der Waals surface area (Å²) >= 11 is 0. The van der Waals surface area contributed by atoms with E-state index >= 15 is 0 Å². The summed E-state index contributed by atoms with van der Waals surface area (Å²) < 4.78 is 6.94. The molecule has 0 saturated heterocycles. The smallest absolute Gasteiger partial charge is 0.261 e. The maximum absolute atomic E-state index is 6.94. The molecule has 2 heteroatoms. The topological polar surface area (TPSA) is 9.23 Å². The van der Waals surface area contributed by atoms with Gasteiger partial charge in [-0.05, 0) is 29.3 Å². The molecule has 0 bridgehead atoms. The zero-order valence-corrected chi connectivity index (χ0v) is 17.1. The normalized spacial score (nSPS) is 14.3. The molecule has 2 rings (SSSR count). The first-order valence-electron chi connectivity index (χ1n) is 9.00. The Labute approximate surface area is 154 Å². The third-order valence-corrected chi connectivity index (χ3v) is 9.60. The van der Waals surface area contributed by atoms with Crippen LogP contribution in [-0.2, 0) is 4.43 Å². The summed E-state index contributed by atoms with van der Waals surface area (Å²) in [5.74, 6) is 0. The average Bonchev–Trinajstić information content (AvgIpc) is 2.60. The molecule has 0 spiro atoms. The van der Waals surface area contributed by atoms with Crippen LogP contribution >= 0.6 is 0 Å². The summed E-state index contributed by atoms with van der Waals surface area (Å²) in [7, 11) is -2.45. The summed E-state index contributed by atoms with van der Waals surface area (Å²) in [5.41, 5.74) is 0. The molecule has 0 aliphatic heterocycles. The van der Waals surface area contributed by atoms with Gasteiger partial charge in [-0.25, -0.2) is 0 Å². The highest BCUT2D eigenvalue weighted by molar-refractivity contribution is 6.99. The summed E-state index contributed by atoms with van der Waals surface area (Å²) in [4.78, 5) is 0. The molecule has 1 unspecified atom stereocenters. The van der Waals surface area contributed by atoms with E-state index in [0.717, 1.165) is 0 Å². The molecule has 2 aromatic rings. The van der Waals surface area contributed by atoms with Crippen LogP contribution in [0, 0.1) is 0 Å². The van der Waals surface area contributed by atoms with Gasteiger partial charge in [0, 0.05) is 0 Å². The van der Waals surface area contributed by atoms with Crippen molar-refractivity contribution in [2.45, 2.75) is 45.8 Å². The fourth-order valence-electron chi connectivity index (χ4n) is 3.34. The van der Waals surface area contributed by atoms with Gasteiger partial charge in [-0.15, -0.1) is 0 Å². The summed E-state index contributed by atoms with van der Waals surface area (Å²) in [6.45, 7) is 11.1. The SMILES string of the molecule is C/C=C/C=C/C(C)O[Si](c1ccccc1)(c1ccccc1)C(C)(C)C.